The maximum Gasteiger partial charge on any atom is 0.121 e. The fraction of sp³-hybridized carbons (Fsp3) is 0.500. The van der Waals surface area contributed by atoms with Crippen LogP contribution < -0.4 is 10.1 Å². The normalized spacial score (nSPS) is 19.8. The van der Waals surface area contributed by atoms with E-state index < -0.39 is 0 Å². The fourth-order valence-corrected chi connectivity index (χ4v) is 3.44. The van der Waals surface area contributed by atoms with Gasteiger partial charge in [0.05, 0.1) is 12.8 Å². The summed E-state index contributed by atoms with van der Waals surface area (Å²) in [6.07, 6.45) is 1.33. The van der Waals surface area contributed by atoms with Gasteiger partial charge in [-0.15, -0.1) is 0 Å². The number of thioether (sulfide) groups is 1. The maximum absolute atomic E-state index is 5.22. The Morgan fingerprint density at radius 2 is 2.44 bits per heavy atom. The highest BCUT2D eigenvalue weighted by molar-refractivity contribution is 9.10. The Morgan fingerprint density at radius 3 is 3.12 bits per heavy atom. The summed E-state index contributed by atoms with van der Waals surface area (Å²) in [5, 5.41) is 3.49. The number of methoxy groups -OCH3 is 1. The van der Waals surface area contributed by atoms with Crippen molar-refractivity contribution in [3.05, 3.63) is 22.7 Å². The number of halogens is 1. The van der Waals surface area contributed by atoms with E-state index in [1.165, 1.54) is 17.9 Å². The van der Waals surface area contributed by atoms with Crippen LogP contribution in [0.5, 0.6) is 5.75 Å². The highest BCUT2D eigenvalue weighted by Gasteiger charge is 2.15. The molecule has 0 saturated carbocycles. The van der Waals surface area contributed by atoms with Crippen LogP contribution in [-0.4, -0.2) is 25.2 Å². The molecule has 1 aliphatic heterocycles. The first-order valence-electron chi connectivity index (χ1n) is 5.45. The lowest BCUT2D eigenvalue weighted by molar-refractivity contribution is 0.415. The molecule has 16 heavy (non-hydrogen) atoms. The van der Waals surface area contributed by atoms with Crippen molar-refractivity contribution in [2.75, 3.05) is 30.5 Å². The first kappa shape index (κ1) is 12.1. The molecule has 2 nitrogen and oxygen atoms in total. The van der Waals surface area contributed by atoms with Crippen molar-refractivity contribution < 1.29 is 4.74 Å². The molecule has 0 spiro atoms. The van der Waals surface area contributed by atoms with Gasteiger partial charge in [0, 0.05) is 17.1 Å². The van der Waals surface area contributed by atoms with Crippen LogP contribution in [0.1, 0.15) is 6.42 Å². The van der Waals surface area contributed by atoms with Crippen LogP contribution in [0.2, 0.25) is 0 Å². The van der Waals surface area contributed by atoms with Gasteiger partial charge in [-0.2, -0.15) is 11.8 Å². The zero-order chi connectivity index (χ0) is 11.4. The average Bonchev–Trinajstić information content (AvgIpc) is 2.81. The molecule has 1 aromatic carbocycles. The predicted octanol–water partition coefficient (Wildman–Crippen LogP) is 3.62. The van der Waals surface area contributed by atoms with Gasteiger partial charge in [0.15, 0.2) is 0 Å². The molecule has 0 bridgehead atoms. The highest BCUT2D eigenvalue weighted by atomic mass is 79.9. The summed E-state index contributed by atoms with van der Waals surface area (Å²) in [6.45, 7) is 1.05. The van der Waals surface area contributed by atoms with Crippen molar-refractivity contribution in [2.24, 2.45) is 5.92 Å². The molecule has 2 rings (SSSR count). The van der Waals surface area contributed by atoms with E-state index in [4.69, 9.17) is 4.74 Å². The Labute approximate surface area is 109 Å². The fourth-order valence-electron chi connectivity index (χ4n) is 1.77. The Morgan fingerprint density at radius 1 is 1.56 bits per heavy atom. The Hall–Kier alpha value is -0.350. The van der Waals surface area contributed by atoms with E-state index in [9.17, 15) is 0 Å². The number of ether oxygens (including phenoxy) is 1. The van der Waals surface area contributed by atoms with E-state index in [2.05, 4.69) is 33.0 Å². The number of benzene rings is 1. The molecule has 1 aromatic rings. The van der Waals surface area contributed by atoms with Crippen molar-refractivity contribution in [3.8, 4) is 5.75 Å². The molecule has 0 aromatic heterocycles. The minimum absolute atomic E-state index is 0.808. The topological polar surface area (TPSA) is 21.3 Å². The predicted molar refractivity (Wildman–Crippen MR) is 74.6 cm³/mol. The van der Waals surface area contributed by atoms with Gasteiger partial charge in [0.25, 0.3) is 0 Å². The van der Waals surface area contributed by atoms with Crippen LogP contribution in [-0.2, 0) is 0 Å². The minimum atomic E-state index is 0.808. The van der Waals surface area contributed by atoms with Gasteiger partial charge in [-0.1, -0.05) is 0 Å². The minimum Gasteiger partial charge on any atom is -0.497 e. The standard InChI is InChI=1S/C12H16BrNOS/c1-15-10-2-3-11(13)12(6-10)14-7-9-4-5-16-8-9/h2-3,6,9,14H,4-5,7-8H2,1H3. The van der Waals surface area contributed by atoms with Gasteiger partial charge in [-0.05, 0) is 51.9 Å². The number of hydrogen-bond acceptors (Lipinski definition) is 3. The molecule has 88 valence electrons. The van der Waals surface area contributed by atoms with E-state index in [0.29, 0.717) is 0 Å². The molecule has 0 aliphatic carbocycles. The summed E-state index contributed by atoms with van der Waals surface area (Å²) in [5.74, 6) is 4.30. The monoisotopic (exact) mass is 301 g/mol. The molecule has 1 fully saturated rings. The molecular formula is C12H16BrNOS. The second-order valence-electron chi connectivity index (χ2n) is 3.96. The Kier molecular flexibility index (Phi) is 4.41. The molecule has 1 aliphatic rings. The van der Waals surface area contributed by atoms with E-state index in [1.807, 2.05) is 18.2 Å². The van der Waals surface area contributed by atoms with Crippen molar-refractivity contribution in [2.45, 2.75) is 6.42 Å². The van der Waals surface area contributed by atoms with Crippen LogP contribution in [0.25, 0.3) is 0 Å². The zero-order valence-electron chi connectivity index (χ0n) is 9.33. The smallest absolute Gasteiger partial charge is 0.121 e. The Balaban J connectivity index is 1.96. The summed E-state index contributed by atoms with van der Waals surface area (Å²) in [7, 11) is 1.70. The van der Waals surface area contributed by atoms with E-state index in [0.717, 1.165) is 28.4 Å². The number of anilines is 1. The molecule has 1 atom stereocenters. The van der Waals surface area contributed by atoms with Crippen molar-refractivity contribution in [1.29, 1.82) is 0 Å². The lowest BCUT2D eigenvalue weighted by Gasteiger charge is -2.13. The zero-order valence-corrected chi connectivity index (χ0v) is 11.7. The average molecular weight is 302 g/mol. The second kappa shape index (κ2) is 5.82. The van der Waals surface area contributed by atoms with Gasteiger partial charge in [0.2, 0.25) is 0 Å². The van der Waals surface area contributed by atoms with Gasteiger partial charge in [0.1, 0.15) is 5.75 Å². The quantitative estimate of drug-likeness (QED) is 0.918. The summed E-state index contributed by atoms with van der Waals surface area (Å²) >= 11 is 5.60. The molecule has 1 unspecified atom stereocenters. The largest absolute Gasteiger partial charge is 0.497 e. The molecule has 0 amide bonds. The number of nitrogens with one attached hydrogen (secondary N) is 1. The highest BCUT2D eigenvalue weighted by Crippen LogP contribution is 2.29. The molecule has 1 saturated heterocycles. The van der Waals surface area contributed by atoms with Crippen LogP contribution in [0.3, 0.4) is 0 Å². The Bertz CT molecular complexity index is 353. The third-order valence-corrected chi connectivity index (χ3v) is 4.70. The van der Waals surface area contributed by atoms with Crippen molar-refractivity contribution in [1.82, 2.24) is 0 Å². The van der Waals surface area contributed by atoms with E-state index >= 15 is 0 Å². The third-order valence-electron chi connectivity index (χ3n) is 2.78. The summed E-state index contributed by atoms with van der Waals surface area (Å²) < 4.78 is 6.31. The second-order valence-corrected chi connectivity index (χ2v) is 5.96. The molecule has 0 radical (unpaired) electrons. The SMILES string of the molecule is COc1ccc(Br)c(NCC2CCSC2)c1. The molecule has 4 heteroatoms. The lowest BCUT2D eigenvalue weighted by Crippen LogP contribution is -2.13. The number of hydrogen-bond donors (Lipinski definition) is 1. The van der Waals surface area contributed by atoms with E-state index in [1.54, 1.807) is 7.11 Å². The van der Waals surface area contributed by atoms with Gasteiger partial charge in [-0.25, -0.2) is 0 Å². The first-order valence-corrected chi connectivity index (χ1v) is 7.39. The molecule has 1 N–H and O–H groups in total. The first-order chi connectivity index (χ1) is 7.79. The van der Waals surface area contributed by atoms with E-state index in [-0.39, 0.29) is 0 Å². The van der Waals surface area contributed by atoms with Crippen LogP contribution >= 0.6 is 27.7 Å². The van der Waals surface area contributed by atoms with Crippen LogP contribution in [0.15, 0.2) is 22.7 Å². The molecular weight excluding hydrogens is 286 g/mol. The summed E-state index contributed by atoms with van der Waals surface area (Å²) in [5.41, 5.74) is 1.12. The van der Waals surface area contributed by atoms with Crippen LogP contribution in [0, 0.1) is 5.92 Å². The third kappa shape index (κ3) is 3.08. The van der Waals surface area contributed by atoms with Gasteiger partial charge >= 0.3 is 0 Å². The number of rotatable bonds is 4. The lowest BCUT2D eigenvalue weighted by atomic mass is 10.1. The molecule has 1 heterocycles. The van der Waals surface area contributed by atoms with Crippen molar-refractivity contribution in [3.63, 3.8) is 0 Å². The van der Waals surface area contributed by atoms with Gasteiger partial charge < -0.3 is 10.1 Å². The maximum atomic E-state index is 5.22. The summed E-state index contributed by atoms with van der Waals surface area (Å²) in [6, 6.07) is 6.01. The van der Waals surface area contributed by atoms with Crippen molar-refractivity contribution >= 4 is 33.4 Å². The summed E-state index contributed by atoms with van der Waals surface area (Å²) in [4.78, 5) is 0. The van der Waals surface area contributed by atoms with Gasteiger partial charge in [-0.3, -0.25) is 0 Å². The van der Waals surface area contributed by atoms with Crippen LogP contribution in [0.4, 0.5) is 5.69 Å².